The first-order chi connectivity index (χ1) is 12.9. The zero-order valence-electron chi connectivity index (χ0n) is 14.0. The van der Waals surface area contributed by atoms with Gasteiger partial charge in [-0.1, -0.05) is 52.3 Å². The molecule has 0 saturated heterocycles. The summed E-state index contributed by atoms with van der Waals surface area (Å²) in [5.41, 5.74) is 1.23. The number of carbonyl (C=O) groups excluding carboxylic acids is 1. The monoisotopic (exact) mass is 445 g/mol. The second-order valence-corrected chi connectivity index (χ2v) is 8.15. The number of benzene rings is 3. The summed E-state index contributed by atoms with van der Waals surface area (Å²) in [4.78, 5) is 12.3. The van der Waals surface area contributed by atoms with Gasteiger partial charge in [0.2, 0.25) is 0 Å². The molecular weight excluding hydrogens is 430 g/mol. The summed E-state index contributed by atoms with van der Waals surface area (Å²) in [6.07, 6.45) is 0. The number of rotatable bonds is 5. The van der Waals surface area contributed by atoms with Crippen LogP contribution < -0.4 is 15.4 Å². The normalized spacial score (nSPS) is 10.9. The van der Waals surface area contributed by atoms with E-state index in [0.717, 1.165) is 0 Å². The van der Waals surface area contributed by atoms with E-state index in [0.29, 0.717) is 15.8 Å². The lowest BCUT2D eigenvalue weighted by Crippen LogP contribution is -2.21. The van der Waals surface area contributed by atoms with Crippen LogP contribution in [0.2, 0.25) is 0 Å². The summed E-state index contributed by atoms with van der Waals surface area (Å²) >= 11 is 3.26. The van der Waals surface area contributed by atoms with Crippen LogP contribution in [0.4, 0.5) is 21.9 Å². The Balaban J connectivity index is 1.79. The number of halogens is 1. The first kappa shape index (κ1) is 18.9. The van der Waals surface area contributed by atoms with Gasteiger partial charge in [-0.05, 0) is 42.5 Å². The van der Waals surface area contributed by atoms with Crippen molar-refractivity contribution in [1.29, 1.82) is 0 Å². The van der Waals surface area contributed by atoms with Crippen LogP contribution in [0.15, 0.2) is 88.2 Å². The number of amides is 2. The molecule has 0 aromatic heterocycles. The molecule has 0 spiro atoms. The number of carbonyl (C=O) groups is 1. The highest BCUT2D eigenvalue weighted by Gasteiger charge is 2.17. The molecule has 0 atom stereocenters. The molecule has 27 heavy (non-hydrogen) atoms. The quantitative estimate of drug-likeness (QED) is 0.521. The average molecular weight is 446 g/mol. The van der Waals surface area contributed by atoms with Crippen molar-refractivity contribution in [3.05, 3.63) is 83.3 Å². The van der Waals surface area contributed by atoms with Gasteiger partial charge in [-0.25, -0.2) is 13.2 Å². The van der Waals surface area contributed by atoms with E-state index in [2.05, 4.69) is 31.3 Å². The Labute approximate surface area is 165 Å². The second-order valence-electron chi connectivity index (χ2n) is 5.55. The molecule has 0 unspecified atom stereocenters. The molecule has 0 aliphatic heterocycles. The van der Waals surface area contributed by atoms with E-state index in [4.69, 9.17) is 0 Å². The Morgan fingerprint density at radius 2 is 1.44 bits per heavy atom. The van der Waals surface area contributed by atoms with Crippen LogP contribution in [0, 0.1) is 0 Å². The lowest BCUT2D eigenvalue weighted by atomic mass is 10.3. The largest absolute Gasteiger partial charge is 0.323 e. The first-order valence-electron chi connectivity index (χ1n) is 7.94. The van der Waals surface area contributed by atoms with Crippen LogP contribution in [-0.2, 0) is 10.0 Å². The molecule has 0 bridgehead atoms. The van der Waals surface area contributed by atoms with Crippen molar-refractivity contribution in [2.75, 3.05) is 15.4 Å². The number of hydrogen-bond donors (Lipinski definition) is 3. The maximum absolute atomic E-state index is 12.6. The summed E-state index contributed by atoms with van der Waals surface area (Å²) < 4.78 is 28.4. The molecule has 0 fully saturated rings. The van der Waals surface area contributed by atoms with Crippen molar-refractivity contribution in [2.45, 2.75) is 4.90 Å². The van der Waals surface area contributed by atoms with Crippen molar-refractivity contribution in [1.82, 2.24) is 0 Å². The van der Waals surface area contributed by atoms with Gasteiger partial charge in [0.1, 0.15) is 0 Å². The van der Waals surface area contributed by atoms with E-state index in [1.807, 2.05) is 6.07 Å². The van der Waals surface area contributed by atoms with E-state index in [9.17, 15) is 13.2 Å². The molecular formula is C19H16BrN3O3S. The number of anilines is 3. The number of hydrogen-bond acceptors (Lipinski definition) is 3. The Morgan fingerprint density at radius 1 is 0.778 bits per heavy atom. The minimum atomic E-state index is -3.80. The smallest absolute Gasteiger partial charge is 0.308 e. The van der Waals surface area contributed by atoms with Crippen molar-refractivity contribution in [3.8, 4) is 0 Å². The minimum Gasteiger partial charge on any atom is -0.308 e. The van der Waals surface area contributed by atoms with Gasteiger partial charge >= 0.3 is 6.03 Å². The lowest BCUT2D eigenvalue weighted by molar-refractivity contribution is 0.262. The minimum absolute atomic E-state index is 0.111. The number of para-hydroxylation sites is 3. The van der Waals surface area contributed by atoms with Crippen LogP contribution in [0.1, 0.15) is 0 Å². The second kappa shape index (κ2) is 8.24. The molecule has 3 N–H and O–H groups in total. The fourth-order valence-electron chi connectivity index (χ4n) is 2.33. The van der Waals surface area contributed by atoms with Gasteiger partial charge in [0.25, 0.3) is 10.0 Å². The van der Waals surface area contributed by atoms with Crippen LogP contribution >= 0.6 is 15.9 Å². The Morgan fingerprint density at radius 3 is 2.15 bits per heavy atom. The molecule has 2 amide bonds. The summed E-state index contributed by atoms with van der Waals surface area (Å²) in [5, 5.41) is 5.34. The standard InChI is InChI=1S/C19H16BrN3O3S/c20-14-7-6-10-16(13-14)27(25,26)23-18-12-5-4-11-17(18)22-19(24)21-15-8-2-1-3-9-15/h1-13,23H,(H2,21,22,24). The van der Waals surface area contributed by atoms with Gasteiger partial charge in [0, 0.05) is 10.2 Å². The summed E-state index contributed by atoms with van der Waals surface area (Å²) in [6.45, 7) is 0. The van der Waals surface area contributed by atoms with E-state index in [-0.39, 0.29) is 10.6 Å². The molecule has 3 aromatic rings. The van der Waals surface area contributed by atoms with Crippen molar-refractivity contribution < 1.29 is 13.2 Å². The molecule has 0 aliphatic carbocycles. The average Bonchev–Trinajstić information content (AvgIpc) is 2.64. The molecule has 0 radical (unpaired) electrons. The Kier molecular flexibility index (Phi) is 5.78. The molecule has 0 aliphatic rings. The van der Waals surface area contributed by atoms with Crippen molar-refractivity contribution in [2.24, 2.45) is 0 Å². The van der Waals surface area contributed by atoms with E-state index < -0.39 is 16.1 Å². The third-order valence-electron chi connectivity index (χ3n) is 3.56. The van der Waals surface area contributed by atoms with Crippen molar-refractivity contribution in [3.63, 3.8) is 0 Å². The maximum Gasteiger partial charge on any atom is 0.323 e. The highest BCUT2D eigenvalue weighted by Crippen LogP contribution is 2.25. The SMILES string of the molecule is O=C(Nc1ccccc1)Nc1ccccc1NS(=O)(=O)c1cccc(Br)c1. The maximum atomic E-state index is 12.6. The Hall–Kier alpha value is -2.84. The van der Waals surface area contributed by atoms with Crippen LogP contribution in [-0.4, -0.2) is 14.4 Å². The predicted octanol–water partition coefficient (Wildman–Crippen LogP) is 4.89. The third kappa shape index (κ3) is 5.08. The fourth-order valence-corrected chi connectivity index (χ4v) is 4.00. The zero-order valence-corrected chi connectivity index (χ0v) is 16.4. The van der Waals surface area contributed by atoms with Crippen LogP contribution in [0.3, 0.4) is 0 Å². The molecule has 0 saturated carbocycles. The number of urea groups is 1. The molecule has 8 heteroatoms. The van der Waals surface area contributed by atoms with Gasteiger partial charge in [-0.15, -0.1) is 0 Å². The summed E-state index contributed by atoms with van der Waals surface area (Å²) in [5.74, 6) is 0. The van der Waals surface area contributed by atoms with Gasteiger partial charge in [-0.2, -0.15) is 0 Å². The third-order valence-corrected chi connectivity index (χ3v) is 5.41. The predicted molar refractivity (Wildman–Crippen MR) is 110 cm³/mol. The topological polar surface area (TPSA) is 87.3 Å². The van der Waals surface area contributed by atoms with Gasteiger partial charge < -0.3 is 10.6 Å². The molecule has 0 heterocycles. The molecule has 138 valence electrons. The molecule has 3 aromatic carbocycles. The highest BCUT2D eigenvalue weighted by atomic mass is 79.9. The van der Waals surface area contributed by atoms with E-state index in [1.165, 1.54) is 12.1 Å². The van der Waals surface area contributed by atoms with Crippen molar-refractivity contribution >= 4 is 49.0 Å². The molecule has 3 rings (SSSR count). The molecule has 6 nitrogen and oxygen atoms in total. The number of nitrogens with one attached hydrogen (secondary N) is 3. The fraction of sp³-hybridized carbons (Fsp3) is 0. The first-order valence-corrected chi connectivity index (χ1v) is 10.2. The van der Waals surface area contributed by atoms with Crippen LogP contribution in [0.25, 0.3) is 0 Å². The Bertz CT molecular complexity index is 1060. The van der Waals surface area contributed by atoms with E-state index >= 15 is 0 Å². The van der Waals surface area contributed by atoms with Gasteiger partial charge in [0.15, 0.2) is 0 Å². The number of sulfonamides is 1. The lowest BCUT2D eigenvalue weighted by Gasteiger charge is -2.14. The van der Waals surface area contributed by atoms with Gasteiger partial charge in [-0.3, -0.25) is 4.72 Å². The summed E-state index contributed by atoms with van der Waals surface area (Å²) in [7, 11) is -3.80. The highest BCUT2D eigenvalue weighted by molar-refractivity contribution is 9.10. The van der Waals surface area contributed by atoms with Gasteiger partial charge in [0.05, 0.1) is 16.3 Å². The zero-order chi connectivity index (χ0) is 19.3. The van der Waals surface area contributed by atoms with Crippen LogP contribution in [0.5, 0.6) is 0 Å². The summed E-state index contributed by atoms with van der Waals surface area (Å²) in [6, 6.07) is 21.4. The van der Waals surface area contributed by atoms with E-state index in [1.54, 1.807) is 60.7 Å².